The van der Waals surface area contributed by atoms with E-state index in [1.54, 1.807) is 18.0 Å². The summed E-state index contributed by atoms with van der Waals surface area (Å²) in [7, 11) is 1.54. The Bertz CT molecular complexity index is 1170. The number of aliphatic hydroxyl groups excluding tert-OH is 1. The highest BCUT2D eigenvalue weighted by atomic mass is 19.4. The van der Waals surface area contributed by atoms with E-state index in [1.165, 1.54) is 9.47 Å². The Kier molecular flexibility index (Phi) is 4.41. The van der Waals surface area contributed by atoms with E-state index in [9.17, 15) is 27.9 Å². The van der Waals surface area contributed by atoms with E-state index < -0.39 is 23.8 Å². The van der Waals surface area contributed by atoms with E-state index in [0.29, 0.717) is 18.0 Å². The van der Waals surface area contributed by atoms with Gasteiger partial charge in [-0.2, -0.15) is 13.2 Å². The van der Waals surface area contributed by atoms with Crippen LogP contribution in [0.3, 0.4) is 0 Å². The van der Waals surface area contributed by atoms with Crippen molar-refractivity contribution < 1.29 is 27.9 Å². The van der Waals surface area contributed by atoms with Gasteiger partial charge >= 0.3 is 6.18 Å². The maximum atomic E-state index is 13.8. The fraction of sp³-hybridized carbons (Fsp3) is 0.609. The van der Waals surface area contributed by atoms with Crippen LogP contribution in [0.4, 0.5) is 13.2 Å². The lowest BCUT2D eigenvalue weighted by Gasteiger charge is -2.39. The normalized spacial score (nSPS) is 29.7. The Morgan fingerprint density at radius 1 is 1.18 bits per heavy atom. The van der Waals surface area contributed by atoms with Crippen LogP contribution in [0.2, 0.25) is 0 Å². The van der Waals surface area contributed by atoms with Gasteiger partial charge in [-0.3, -0.25) is 9.59 Å². The molecule has 0 bridgehead atoms. The van der Waals surface area contributed by atoms with Crippen LogP contribution in [-0.2, 0) is 18.0 Å². The van der Waals surface area contributed by atoms with Crippen LogP contribution in [0.25, 0.3) is 11.0 Å². The fourth-order valence-corrected chi connectivity index (χ4v) is 5.73. The third-order valence-corrected chi connectivity index (χ3v) is 7.85. The highest BCUT2D eigenvalue weighted by Gasteiger charge is 2.55. The summed E-state index contributed by atoms with van der Waals surface area (Å²) >= 11 is 0. The van der Waals surface area contributed by atoms with Crippen LogP contribution < -0.4 is 0 Å². The number of imidazole rings is 1. The van der Waals surface area contributed by atoms with Crippen LogP contribution >= 0.6 is 0 Å². The third kappa shape index (κ3) is 3.33. The molecular formula is C23H25F3N4O3. The molecule has 3 saturated carbocycles. The molecule has 33 heavy (non-hydrogen) atoms. The van der Waals surface area contributed by atoms with Crippen molar-refractivity contribution in [2.75, 3.05) is 19.6 Å². The summed E-state index contributed by atoms with van der Waals surface area (Å²) in [6.45, 7) is 0.390. The predicted octanol–water partition coefficient (Wildman–Crippen LogP) is 2.52. The molecule has 2 aromatic rings. The zero-order valence-electron chi connectivity index (χ0n) is 18.2. The monoisotopic (exact) mass is 462 g/mol. The Morgan fingerprint density at radius 2 is 1.94 bits per heavy atom. The number of benzene rings is 1. The maximum absolute atomic E-state index is 13.8. The number of alkyl halides is 3. The Balaban J connectivity index is 1.27. The molecule has 0 spiro atoms. The van der Waals surface area contributed by atoms with Gasteiger partial charge in [-0.15, -0.1) is 0 Å². The van der Waals surface area contributed by atoms with Gasteiger partial charge in [-0.25, -0.2) is 4.98 Å². The number of aromatic nitrogens is 2. The Hall–Kier alpha value is -2.62. The summed E-state index contributed by atoms with van der Waals surface area (Å²) < 4.78 is 42.7. The minimum atomic E-state index is -4.58. The van der Waals surface area contributed by atoms with Crippen LogP contribution in [-0.4, -0.2) is 68.1 Å². The number of rotatable bonds is 3. The van der Waals surface area contributed by atoms with Crippen LogP contribution in [0, 0.1) is 11.8 Å². The molecule has 1 aliphatic heterocycles. The van der Waals surface area contributed by atoms with Crippen LogP contribution in [0.5, 0.6) is 0 Å². The van der Waals surface area contributed by atoms with E-state index in [0.717, 1.165) is 31.7 Å². The quantitative estimate of drug-likeness (QED) is 0.761. The average molecular weight is 462 g/mol. The number of hydrogen-bond donors (Lipinski definition) is 1. The average Bonchev–Trinajstić information content (AvgIpc) is 3.68. The first-order valence-corrected chi connectivity index (χ1v) is 11.5. The molecule has 4 aliphatic rings. The summed E-state index contributed by atoms with van der Waals surface area (Å²) in [6, 6.07) is 2.65. The first-order chi connectivity index (χ1) is 15.6. The van der Waals surface area contributed by atoms with Crippen molar-refractivity contribution in [1.82, 2.24) is 19.4 Å². The fourth-order valence-electron chi connectivity index (χ4n) is 5.73. The van der Waals surface area contributed by atoms with Gasteiger partial charge in [-0.1, -0.05) is 0 Å². The molecule has 1 N–H and O–H groups in total. The lowest BCUT2D eigenvalue weighted by Crippen LogP contribution is -2.57. The zero-order valence-corrected chi connectivity index (χ0v) is 18.2. The molecule has 10 heteroatoms. The zero-order chi connectivity index (χ0) is 23.2. The van der Waals surface area contributed by atoms with E-state index in [4.69, 9.17) is 0 Å². The van der Waals surface area contributed by atoms with Crippen molar-refractivity contribution in [3.63, 3.8) is 0 Å². The van der Waals surface area contributed by atoms with Crippen molar-refractivity contribution in [2.24, 2.45) is 18.9 Å². The number of aliphatic hydroxyl groups is 1. The molecule has 1 saturated heterocycles. The lowest BCUT2D eigenvalue weighted by atomic mass is 10.0. The Labute approximate surface area is 188 Å². The summed E-state index contributed by atoms with van der Waals surface area (Å²) in [4.78, 5) is 33.2. The van der Waals surface area contributed by atoms with E-state index in [1.807, 2.05) is 0 Å². The smallest absolute Gasteiger partial charge is 0.391 e. The first kappa shape index (κ1) is 20.9. The second kappa shape index (κ2) is 6.94. The highest BCUT2D eigenvalue weighted by molar-refractivity contribution is 5.98. The van der Waals surface area contributed by atoms with Crippen molar-refractivity contribution in [1.29, 1.82) is 0 Å². The van der Waals surface area contributed by atoms with Gasteiger partial charge in [0.05, 0.1) is 23.2 Å². The van der Waals surface area contributed by atoms with Crippen LogP contribution in [0.15, 0.2) is 12.1 Å². The van der Waals surface area contributed by atoms with Crippen molar-refractivity contribution in [3.8, 4) is 0 Å². The minimum Gasteiger partial charge on any atom is -0.391 e. The molecule has 1 aromatic heterocycles. The van der Waals surface area contributed by atoms with Gasteiger partial charge in [0.25, 0.3) is 5.91 Å². The first-order valence-electron chi connectivity index (χ1n) is 11.5. The van der Waals surface area contributed by atoms with Gasteiger partial charge in [0.1, 0.15) is 12.1 Å². The van der Waals surface area contributed by atoms with Crippen LogP contribution in [0.1, 0.15) is 53.3 Å². The second-order valence-corrected chi connectivity index (χ2v) is 9.97. The number of piperazine rings is 1. The summed E-state index contributed by atoms with van der Waals surface area (Å²) in [5, 5.41) is 10.4. The third-order valence-electron chi connectivity index (χ3n) is 7.85. The van der Waals surface area contributed by atoms with E-state index in [2.05, 4.69) is 4.98 Å². The SMILES string of the molecule is Cn1c(C(=O)N2CCN([C@H]3C[C@H]4C[C@@H]4[C@H]3O)C(=O)C2)nc2c(C(F)(F)F)cc(C3CC3)cc21. The van der Waals surface area contributed by atoms with Gasteiger partial charge in [0, 0.05) is 20.1 Å². The molecular weight excluding hydrogens is 437 g/mol. The lowest BCUT2D eigenvalue weighted by molar-refractivity contribution is -0.140. The molecule has 0 unspecified atom stereocenters. The van der Waals surface area contributed by atoms with Gasteiger partial charge in [0.2, 0.25) is 5.91 Å². The van der Waals surface area contributed by atoms with Gasteiger partial charge in [0.15, 0.2) is 5.82 Å². The number of hydrogen-bond acceptors (Lipinski definition) is 4. The summed E-state index contributed by atoms with van der Waals surface area (Å²) in [5.41, 5.74) is -0.177. The van der Waals surface area contributed by atoms with Crippen molar-refractivity contribution >= 4 is 22.8 Å². The van der Waals surface area contributed by atoms with Gasteiger partial charge in [-0.05, 0) is 61.1 Å². The largest absolute Gasteiger partial charge is 0.418 e. The molecule has 176 valence electrons. The molecule has 4 atom stereocenters. The standard InChI is InChI=1S/C23H25F3N4O3/c1-28-16-8-12(11-2-3-11)7-15(23(24,25)26)19(16)27-21(28)22(33)29-4-5-30(18(31)10-29)17-9-13-6-14(13)20(17)32/h7-8,11,13-14,17,20,32H,2-6,9-10H2,1H3/t13-,14+,17+,20-/m1/s1. The molecule has 6 rings (SSSR count). The number of halogens is 3. The summed E-state index contributed by atoms with van der Waals surface area (Å²) in [5.74, 6) is -0.0194. The highest BCUT2D eigenvalue weighted by Crippen LogP contribution is 2.53. The number of amides is 2. The van der Waals surface area contributed by atoms with Gasteiger partial charge < -0.3 is 19.5 Å². The Morgan fingerprint density at radius 3 is 2.55 bits per heavy atom. The van der Waals surface area contributed by atoms with E-state index in [-0.39, 0.29) is 53.7 Å². The topological polar surface area (TPSA) is 78.7 Å². The van der Waals surface area contributed by atoms with E-state index >= 15 is 0 Å². The number of carbonyl (C=O) groups excluding carboxylic acids is 2. The van der Waals surface area contributed by atoms with Crippen molar-refractivity contribution in [2.45, 2.75) is 49.9 Å². The molecule has 2 heterocycles. The number of aryl methyl sites for hydroxylation is 1. The molecule has 3 aliphatic carbocycles. The molecule has 7 nitrogen and oxygen atoms in total. The molecule has 4 fully saturated rings. The molecule has 2 amide bonds. The number of nitrogens with zero attached hydrogens (tertiary/aromatic N) is 4. The van der Waals surface area contributed by atoms with Crippen molar-refractivity contribution in [3.05, 3.63) is 29.1 Å². The second-order valence-electron chi connectivity index (χ2n) is 9.97. The predicted molar refractivity (Wildman–Crippen MR) is 111 cm³/mol. The maximum Gasteiger partial charge on any atom is 0.418 e. The summed E-state index contributed by atoms with van der Waals surface area (Å²) in [6.07, 6.45) is -1.57. The molecule has 1 aromatic carbocycles. The molecule has 0 radical (unpaired) electrons. The number of carbonyl (C=O) groups is 2. The number of fused-ring (bicyclic) bond motifs is 2. The minimum absolute atomic E-state index is 0.105.